The molecule has 2 aromatic rings. The number of aliphatic hydroxyl groups is 1. The molecular weight excluding hydrogens is 298 g/mol. The second-order valence-corrected chi connectivity index (χ2v) is 5.90. The van der Waals surface area contributed by atoms with Gasteiger partial charge in [-0.2, -0.15) is 0 Å². The lowest BCUT2D eigenvalue weighted by Crippen LogP contribution is -2.87. The van der Waals surface area contributed by atoms with Gasteiger partial charge in [0, 0.05) is 10.6 Å². The van der Waals surface area contributed by atoms with Gasteiger partial charge >= 0.3 is 0 Å². The molecular formula is C18H23ClNO2+. The van der Waals surface area contributed by atoms with Crippen LogP contribution in [0.3, 0.4) is 0 Å². The van der Waals surface area contributed by atoms with Crippen molar-refractivity contribution < 1.29 is 15.2 Å². The molecule has 22 heavy (non-hydrogen) atoms. The molecule has 0 spiro atoms. The van der Waals surface area contributed by atoms with Gasteiger partial charge in [-0.25, -0.2) is 0 Å². The maximum absolute atomic E-state index is 9.99. The average molecular weight is 321 g/mol. The fourth-order valence-corrected chi connectivity index (χ4v) is 2.34. The fraction of sp³-hybridized carbons (Fsp3) is 0.333. The van der Waals surface area contributed by atoms with E-state index in [-0.39, 0.29) is 0 Å². The van der Waals surface area contributed by atoms with Crippen molar-refractivity contribution in [3.63, 3.8) is 0 Å². The molecule has 0 amide bonds. The van der Waals surface area contributed by atoms with E-state index in [0.717, 1.165) is 5.56 Å². The zero-order valence-corrected chi connectivity index (χ0v) is 13.5. The number of ether oxygens (including phenoxy) is 1. The number of aliphatic hydroxyl groups excluding tert-OH is 1. The standard InChI is InChI=1S/C18H22ClNO2/c1-14(16-5-3-2-4-6-16)20-11-18(21)13-22-12-15-7-9-17(19)10-8-15/h2-10,14,18,20-21H,11-13H2,1H3/p+1/t14-,18+/m0/s1. The lowest BCUT2D eigenvalue weighted by Gasteiger charge is -2.15. The highest BCUT2D eigenvalue weighted by Gasteiger charge is 2.12. The van der Waals surface area contributed by atoms with Crippen LogP contribution in [0.5, 0.6) is 0 Å². The van der Waals surface area contributed by atoms with Crippen molar-refractivity contribution in [2.24, 2.45) is 0 Å². The van der Waals surface area contributed by atoms with Gasteiger partial charge in [0.15, 0.2) is 0 Å². The highest BCUT2D eigenvalue weighted by molar-refractivity contribution is 6.30. The molecule has 0 aromatic heterocycles. The SMILES string of the molecule is C[C@H]([NH2+]C[C@@H](O)COCc1ccc(Cl)cc1)c1ccccc1. The Balaban J connectivity index is 1.65. The van der Waals surface area contributed by atoms with Gasteiger partial charge in [0.25, 0.3) is 0 Å². The summed E-state index contributed by atoms with van der Waals surface area (Å²) in [6.45, 7) is 3.58. The Morgan fingerprint density at radius 1 is 1.09 bits per heavy atom. The Labute approximate surface area is 136 Å². The monoisotopic (exact) mass is 320 g/mol. The second-order valence-electron chi connectivity index (χ2n) is 5.47. The van der Waals surface area contributed by atoms with Crippen molar-refractivity contribution in [1.82, 2.24) is 0 Å². The summed E-state index contributed by atoms with van der Waals surface area (Å²) in [7, 11) is 0. The van der Waals surface area contributed by atoms with E-state index in [4.69, 9.17) is 16.3 Å². The molecule has 2 atom stereocenters. The third kappa shape index (κ3) is 5.78. The van der Waals surface area contributed by atoms with Crippen LogP contribution in [0.4, 0.5) is 0 Å². The summed E-state index contributed by atoms with van der Waals surface area (Å²) in [5.74, 6) is 0. The Morgan fingerprint density at radius 3 is 2.45 bits per heavy atom. The van der Waals surface area contributed by atoms with Crippen LogP contribution in [-0.2, 0) is 11.3 Å². The molecule has 118 valence electrons. The van der Waals surface area contributed by atoms with E-state index in [1.165, 1.54) is 5.56 Å². The minimum atomic E-state index is -0.474. The number of hydrogen-bond donors (Lipinski definition) is 2. The van der Waals surface area contributed by atoms with E-state index in [0.29, 0.717) is 30.8 Å². The Bertz CT molecular complexity index is 545. The van der Waals surface area contributed by atoms with Crippen LogP contribution >= 0.6 is 11.6 Å². The molecule has 0 unspecified atom stereocenters. The topological polar surface area (TPSA) is 46.1 Å². The molecule has 0 radical (unpaired) electrons. The quantitative estimate of drug-likeness (QED) is 0.785. The van der Waals surface area contributed by atoms with E-state index in [9.17, 15) is 5.11 Å². The van der Waals surface area contributed by atoms with Gasteiger partial charge in [-0.05, 0) is 24.6 Å². The summed E-state index contributed by atoms with van der Waals surface area (Å²) in [6, 6.07) is 18.1. The van der Waals surface area contributed by atoms with Gasteiger partial charge in [0.1, 0.15) is 18.7 Å². The number of benzene rings is 2. The van der Waals surface area contributed by atoms with E-state index in [1.807, 2.05) is 42.5 Å². The summed E-state index contributed by atoms with van der Waals surface area (Å²) in [6.07, 6.45) is -0.474. The van der Waals surface area contributed by atoms with E-state index < -0.39 is 6.10 Å². The van der Waals surface area contributed by atoms with Crippen molar-refractivity contribution in [2.45, 2.75) is 25.7 Å². The lowest BCUT2D eigenvalue weighted by atomic mass is 10.1. The predicted molar refractivity (Wildman–Crippen MR) is 88.8 cm³/mol. The van der Waals surface area contributed by atoms with E-state index in [2.05, 4.69) is 24.4 Å². The minimum absolute atomic E-state index is 0.326. The molecule has 0 heterocycles. The number of rotatable bonds is 8. The number of nitrogens with two attached hydrogens (primary N) is 1. The predicted octanol–water partition coefficient (Wildman–Crippen LogP) is 2.54. The van der Waals surface area contributed by atoms with Gasteiger partial charge < -0.3 is 15.2 Å². The van der Waals surface area contributed by atoms with Crippen LogP contribution in [0.25, 0.3) is 0 Å². The maximum atomic E-state index is 9.99. The molecule has 0 aliphatic carbocycles. The van der Waals surface area contributed by atoms with Crippen molar-refractivity contribution in [3.05, 3.63) is 70.7 Å². The number of hydrogen-bond acceptors (Lipinski definition) is 2. The van der Waals surface area contributed by atoms with Crippen molar-refractivity contribution in [1.29, 1.82) is 0 Å². The first-order valence-electron chi connectivity index (χ1n) is 7.53. The molecule has 0 aliphatic rings. The first kappa shape index (κ1) is 17.0. The van der Waals surface area contributed by atoms with Crippen LogP contribution < -0.4 is 5.32 Å². The highest BCUT2D eigenvalue weighted by Crippen LogP contribution is 2.10. The first-order valence-corrected chi connectivity index (χ1v) is 7.91. The summed E-state index contributed by atoms with van der Waals surface area (Å²) in [4.78, 5) is 0. The smallest absolute Gasteiger partial charge is 0.126 e. The zero-order chi connectivity index (χ0) is 15.8. The van der Waals surface area contributed by atoms with Crippen LogP contribution in [0.2, 0.25) is 5.02 Å². The number of quaternary nitrogens is 1. The van der Waals surface area contributed by atoms with Crippen molar-refractivity contribution in [3.8, 4) is 0 Å². The molecule has 3 N–H and O–H groups in total. The molecule has 0 saturated carbocycles. The molecule has 2 aromatic carbocycles. The van der Waals surface area contributed by atoms with Crippen LogP contribution in [0.1, 0.15) is 24.1 Å². The van der Waals surface area contributed by atoms with E-state index >= 15 is 0 Å². The minimum Gasteiger partial charge on any atom is -0.385 e. The highest BCUT2D eigenvalue weighted by atomic mass is 35.5. The number of halogens is 1. The van der Waals surface area contributed by atoms with Crippen LogP contribution in [0, 0.1) is 0 Å². The fourth-order valence-electron chi connectivity index (χ4n) is 2.22. The van der Waals surface area contributed by atoms with Gasteiger partial charge in [-0.15, -0.1) is 0 Å². The molecule has 0 saturated heterocycles. The van der Waals surface area contributed by atoms with Crippen molar-refractivity contribution in [2.75, 3.05) is 13.2 Å². The summed E-state index contributed by atoms with van der Waals surface area (Å²) >= 11 is 5.83. The maximum Gasteiger partial charge on any atom is 0.126 e. The molecule has 0 fully saturated rings. The van der Waals surface area contributed by atoms with Gasteiger partial charge in [0.05, 0.1) is 13.2 Å². The first-order chi connectivity index (χ1) is 10.6. The largest absolute Gasteiger partial charge is 0.385 e. The Hall–Kier alpha value is -1.39. The average Bonchev–Trinajstić information content (AvgIpc) is 2.55. The van der Waals surface area contributed by atoms with Crippen molar-refractivity contribution >= 4 is 11.6 Å². The summed E-state index contributed by atoms with van der Waals surface area (Å²) < 4.78 is 5.55. The van der Waals surface area contributed by atoms with Crippen LogP contribution in [0.15, 0.2) is 54.6 Å². The normalized spacial score (nSPS) is 13.8. The molecule has 4 heteroatoms. The van der Waals surface area contributed by atoms with Gasteiger partial charge in [0.2, 0.25) is 0 Å². The molecule has 3 nitrogen and oxygen atoms in total. The van der Waals surface area contributed by atoms with Gasteiger partial charge in [-0.3, -0.25) is 0 Å². The van der Waals surface area contributed by atoms with E-state index in [1.54, 1.807) is 0 Å². The summed E-state index contributed by atoms with van der Waals surface area (Å²) in [5.41, 5.74) is 2.31. The molecule has 0 bridgehead atoms. The molecule has 0 aliphatic heterocycles. The third-order valence-corrected chi connectivity index (χ3v) is 3.83. The molecule has 2 rings (SSSR count). The van der Waals surface area contributed by atoms with Gasteiger partial charge in [-0.1, -0.05) is 54.1 Å². The Morgan fingerprint density at radius 2 is 1.77 bits per heavy atom. The second kappa shape index (κ2) is 8.91. The third-order valence-electron chi connectivity index (χ3n) is 3.58. The summed E-state index contributed by atoms with van der Waals surface area (Å²) in [5, 5.41) is 12.8. The lowest BCUT2D eigenvalue weighted by molar-refractivity contribution is -0.698. The Kier molecular flexibility index (Phi) is 6.87. The van der Waals surface area contributed by atoms with Crippen LogP contribution in [-0.4, -0.2) is 24.4 Å². The zero-order valence-electron chi connectivity index (χ0n) is 12.8.